The minimum absolute atomic E-state index is 0.0218. The van der Waals surface area contributed by atoms with Gasteiger partial charge in [0.1, 0.15) is 11.8 Å². The Morgan fingerprint density at radius 2 is 2.17 bits per heavy atom. The average molecular weight is 247 g/mol. The van der Waals surface area contributed by atoms with Gasteiger partial charge >= 0.3 is 5.97 Å². The molecule has 0 heterocycles. The first-order chi connectivity index (χ1) is 8.47. The molecule has 0 saturated carbocycles. The smallest absolute Gasteiger partial charge is 0.327 e. The van der Waals surface area contributed by atoms with Crippen molar-refractivity contribution in [2.45, 2.75) is 19.4 Å². The van der Waals surface area contributed by atoms with Crippen molar-refractivity contribution in [2.75, 3.05) is 0 Å². The quantitative estimate of drug-likeness (QED) is 0.690. The zero-order chi connectivity index (χ0) is 13.7. The van der Waals surface area contributed by atoms with Crippen LogP contribution in [0.3, 0.4) is 0 Å². The second-order valence-corrected chi connectivity index (χ2v) is 3.72. The highest BCUT2D eigenvalue weighted by Gasteiger charge is 2.20. The van der Waals surface area contributed by atoms with Crippen LogP contribution in [0.25, 0.3) is 0 Å². The third kappa shape index (κ3) is 3.01. The van der Waals surface area contributed by atoms with Crippen LogP contribution in [-0.2, 0) is 4.79 Å². The maximum absolute atomic E-state index is 11.9. The number of hydrogen-bond acceptors (Lipinski definition) is 3. The molecule has 18 heavy (non-hydrogen) atoms. The van der Waals surface area contributed by atoms with Crippen LogP contribution in [0.1, 0.15) is 22.3 Å². The van der Waals surface area contributed by atoms with Gasteiger partial charge in [0.15, 0.2) is 0 Å². The zero-order valence-electron chi connectivity index (χ0n) is 9.80. The summed E-state index contributed by atoms with van der Waals surface area (Å²) in [5.74, 6) is 0.392. The molecular formula is C13H13NO4. The molecule has 5 nitrogen and oxygen atoms in total. The van der Waals surface area contributed by atoms with Gasteiger partial charge in [0.2, 0.25) is 0 Å². The van der Waals surface area contributed by atoms with Crippen molar-refractivity contribution in [3.63, 3.8) is 0 Å². The lowest BCUT2D eigenvalue weighted by Crippen LogP contribution is -2.40. The van der Waals surface area contributed by atoms with Crippen LogP contribution in [0.2, 0.25) is 0 Å². The number of aliphatic carboxylic acids is 1. The van der Waals surface area contributed by atoms with Gasteiger partial charge in [0, 0.05) is 17.5 Å². The summed E-state index contributed by atoms with van der Waals surface area (Å²) in [5, 5.41) is 20.6. The van der Waals surface area contributed by atoms with Crippen LogP contribution in [-0.4, -0.2) is 28.1 Å². The van der Waals surface area contributed by atoms with E-state index in [9.17, 15) is 14.7 Å². The van der Waals surface area contributed by atoms with Gasteiger partial charge in [0.05, 0.1) is 0 Å². The van der Waals surface area contributed by atoms with E-state index in [4.69, 9.17) is 11.5 Å². The summed E-state index contributed by atoms with van der Waals surface area (Å²) in [6.07, 6.45) is 4.93. The topological polar surface area (TPSA) is 86.6 Å². The Kier molecular flexibility index (Phi) is 4.33. The van der Waals surface area contributed by atoms with Crippen LogP contribution < -0.4 is 5.32 Å². The first kappa shape index (κ1) is 13.6. The maximum Gasteiger partial charge on any atom is 0.327 e. The molecule has 0 aliphatic heterocycles. The van der Waals surface area contributed by atoms with Gasteiger partial charge in [-0.3, -0.25) is 4.79 Å². The summed E-state index contributed by atoms with van der Waals surface area (Å²) >= 11 is 0. The zero-order valence-corrected chi connectivity index (χ0v) is 9.80. The molecule has 0 aliphatic carbocycles. The molecule has 0 aliphatic rings. The van der Waals surface area contributed by atoms with Gasteiger partial charge < -0.3 is 15.5 Å². The molecule has 94 valence electrons. The lowest BCUT2D eigenvalue weighted by atomic mass is 10.1. The Hall–Kier alpha value is -2.48. The number of benzene rings is 1. The molecule has 5 heteroatoms. The lowest BCUT2D eigenvalue weighted by molar-refractivity contribution is -0.139. The van der Waals surface area contributed by atoms with Crippen molar-refractivity contribution in [3.8, 4) is 18.1 Å². The fourth-order valence-electron chi connectivity index (χ4n) is 1.42. The number of carboxylic acid groups (broad SMARTS) is 1. The number of phenols is 1. The second-order valence-electron chi connectivity index (χ2n) is 3.72. The molecule has 0 spiro atoms. The molecule has 1 aromatic rings. The largest absolute Gasteiger partial charge is 0.508 e. The van der Waals surface area contributed by atoms with Crippen LogP contribution in [0.4, 0.5) is 0 Å². The Morgan fingerprint density at radius 3 is 2.72 bits per heavy atom. The average Bonchev–Trinajstić information content (AvgIpc) is 2.31. The van der Waals surface area contributed by atoms with E-state index < -0.39 is 17.9 Å². The standard InChI is InChI=1S/C13H13NO4/c1-3-5-10(13(17)18)14-12(16)9-6-4-7-11(15)8(9)2/h1,4,6-7,10,15H,5H2,2H3,(H,14,16)(H,17,18). The van der Waals surface area contributed by atoms with Crippen LogP contribution in [0.15, 0.2) is 18.2 Å². The number of aromatic hydroxyl groups is 1. The summed E-state index contributed by atoms with van der Waals surface area (Å²) < 4.78 is 0. The third-order valence-corrected chi connectivity index (χ3v) is 2.48. The van der Waals surface area contributed by atoms with E-state index in [0.29, 0.717) is 5.56 Å². The normalized spacial score (nSPS) is 11.3. The molecule has 1 amide bonds. The van der Waals surface area contributed by atoms with Crippen LogP contribution in [0, 0.1) is 19.3 Å². The summed E-state index contributed by atoms with van der Waals surface area (Å²) in [7, 11) is 0. The maximum atomic E-state index is 11.9. The fraction of sp³-hybridized carbons (Fsp3) is 0.231. The summed E-state index contributed by atoms with van der Waals surface area (Å²) in [6.45, 7) is 1.57. The van der Waals surface area contributed by atoms with E-state index in [1.165, 1.54) is 18.2 Å². The molecule has 0 bridgehead atoms. The molecule has 0 radical (unpaired) electrons. The Bertz CT molecular complexity index is 516. The summed E-state index contributed by atoms with van der Waals surface area (Å²) in [5.41, 5.74) is 0.609. The molecule has 0 fully saturated rings. The number of hydrogen-bond donors (Lipinski definition) is 3. The van der Waals surface area contributed by atoms with Crippen molar-refractivity contribution < 1.29 is 19.8 Å². The Labute approximate surface area is 104 Å². The highest BCUT2D eigenvalue weighted by Crippen LogP contribution is 2.19. The van der Waals surface area contributed by atoms with E-state index in [1.807, 2.05) is 0 Å². The minimum Gasteiger partial charge on any atom is -0.508 e. The van der Waals surface area contributed by atoms with Crippen molar-refractivity contribution >= 4 is 11.9 Å². The molecule has 1 atom stereocenters. The monoisotopic (exact) mass is 247 g/mol. The van der Waals surface area contributed by atoms with Gasteiger partial charge in [-0.05, 0) is 19.1 Å². The third-order valence-electron chi connectivity index (χ3n) is 2.48. The van der Waals surface area contributed by atoms with Crippen molar-refractivity contribution in [3.05, 3.63) is 29.3 Å². The molecule has 1 rings (SSSR count). The SMILES string of the molecule is C#CCC(NC(=O)c1cccc(O)c1C)C(=O)O. The van der Waals surface area contributed by atoms with E-state index in [2.05, 4.69) is 11.2 Å². The predicted molar refractivity (Wildman–Crippen MR) is 65.2 cm³/mol. The van der Waals surface area contributed by atoms with Crippen LogP contribution >= 0.6 is 0 Å². The Balaban J connectivity index is 2.91. The van der Waals surface area contributed by atoms with Gasteiger partial charge in [-0.15, -0.1) is 12.3 Å². The number of terminal acetylenes is 1. The molecular weight excluding hydrogens is 234 g/mol. The molecule has 0 aromatic heterocycles. The van der Waals surface area contributed by atoms with Crippen molar-refractivity contribution in [1.29, 1.82) is 0 Å². The first-order valence-corrected chi connectivity index (χ1v) is 5.23. The van der Waals surface area contributed by atoms with E-state index in [1.54, 1.807) is 6.92 Å². The number of nitrogens with one attached hydrogen (secondary N) is 1. The second kappa shape index (κ2) is 5.73. The number of amides is 1. The Morgan fingerprint density at radius 1 is 1.50 bits per heavy atom. The molecule has 1 unspecified atom stereocenters. The van der Waals surface area contributed by atoms with E-state index >= 15 is 0 Å². The summed E-state index contributed by atoms with van der Waals surface area (Å²) in [6, 6.07) is 3.32. The molecule has 3 N–H and O–H groups in total. The number of carbonyl (C=O) groups is 2. The van der Waals surface area contributed by atoms with Gasteiger partial charge in [0.25, 0.3) is 5.91 Å². The van der Waals surface area contributed by atoms with Gasteiger partial charge in [-0.25, -0.2) is 4.79 Å². The number of carboxylic acids is 1. The highest BCUT2D eigenvalue weighted by atomic mass is 16.4. The van der Waals surface area contributed by atoms with Crippen molar-refractivity contribution in [1.82, 2.24) is 5.32 Å². The number of rotatable bonds is 4. The minimum atomic E-state index is -1.20. The van der Waals surface area contributed by atoms with Crippen molar-refractivity contribution in [2.24, 2.45) is 0 Å². The number of carbonyl (C=O) groups excluding carboxylic acids is 1. The van der Waals surface area contributed by atoms with E-state index in [0.717, 1.165) is 0 Å². The fourth-order valence-corrected chi connectivity index (χ4v) is 1.42. The summed E-state index contributed by atoms with van der Waals surface area (Å²) in [4.78, 5) is 22.7. The highest BCUT2D eigenvalue weighted by molar-refractivity contribution is 5.98. The molecule has 1 aromatic carbocycles. The predicted octanol–water partition coefficient (Wildman–Crippen LogP) is 0.907. The van der Waals surface area contributed by atoms with Gasteiger partial charge in [-0.1, -0.05) is 6.07 Å². The van der Waals surface area contributed by atoms with Gasteiger partial charge in [-0.2, -0.15) is 0 Å². The van der Waals surface area contributed by atoms with Crippen LogP contribution in [0.5, 0.6) is 5.75 Å². The molecule has 0 saturated heterocycles. The van der Waals surface area contributed by atoms with E-state index in [-0.39, 0.29) is 17.7 Å². The number of phenolic OH excluding ortho intramolecular Hbond substituents is 1. The first-order valence-electron chi connectivity index (χ1n) is 5.23. The lowest BCUT2D eigenvalue weighted by Gasteiger charge is -2.13.